The minimum Gasteiger partial charge on any atom is -0.463 e. The highest BCUT2D eigenvalue weighted by Gasteiger charge is 2.53. The van der Waals surface area contributed by atoms with Gasteiger partial charge in [0, 0.05) is 41.0 Å². The maximum absolute atomic E-state index is 12.0. The summed E-state index contributed by atoms with van der Waals surface area (Å²) in [5.41, 5.74) is 0. The van der Waals surface area contributed by atoms with Crippen molar-refractivity contribution in [2.45, 2.75) is 96.1 Å². The van der Waals surface area contributed by atoms with Gasteiger partial charge in [0.15, 0.2) is 24.6 Å². The molecule has 0 unspecified atom stereocenters. The fourth-order valence-electron chi connectivity index (χ4n) is 3.76. The molecule has 1 heterocycles. The van der Waals surface area contributed by atoms with Crippen LogP contribution in [-0.4, -0.2) is 120 Å². The van der Waals surface area contributed by atoms with E-state index in [0.29, 0.717) is 6.29 Å². The van der Waals surface area contributed by atoms with Crippen LogP contribution in [0.5, 0.6) is 0 Å². The third kappa shape index (κ3) is 11.2. The molecule has 0 spiro atoms. The van der Waals surface area contributed by atoms with Gasteiger partial charge < -0.3 is 53.9 Å². The van der Waals surface area contributed by atoms with Gasteiger partial charge in [0.1, 0.15) is 31.2 Å². The lowest BCUT2D eigenvalue weighted by atomic mass is 9.97. The van der Waals surface area contributed by atoms with Gasteiger partial charge in [-0.3, -0.25) is 24.0 Å². The predicted molar refractivity (Wildman–Crippen MR) is 124 cm³/mol. The van der Waals surface area contributed by atoms with Gasteiger partial charge in [0.05, 0.1) is 18.8 Å². The van der Waals surface area contributed by atoms with Gasteiger partial charge in [0.25, 0.3) is 0 Å². The van der Waals surface area contributed by atoms with Gasteiger partial charge in [-0.1, -0.05) is 0 Å². The molecule has 1 aliphatic heterocycles. The molecular formula is C23H35NO15. The van der Waals surface area contributed by atoms with Crippen LogP contribution in [0.25, 0.3) is 0 Å². The topological polar surface area (TPSA) is 231 Å². The lowest BCUT2D eigenvalue weighted by Gasteiger charge is -2.45. The Morgan fingerprint density at radius 3 is 1.87 bits per heavy atom. The molecule has 16 heteroatoms. The number of rotatable bonds is 14. The van der Waals surface area contributed by atoms with Crippen molar-refractivity contribution >= 4 is 36.1 Å². The predicted octanol–water partition coefficient (Wildman–Crippen LogP) is -2.74. The SMILES string of the molecule is CC(=O)N[C@@H](C=O)C[C@H](O[C@@H]1O[C@H](COC(C)=O)[C@H](OC(C)=O)[C@H](OC(C)=O)[C@H]1OC(C)=O)[C@H](O)[C@H](O)CO. The number of ether oxygens (including phenoxy) is 6. The molecule has 9 atom stereocenters. The molecule has 0 saturated carbocycles. The third-order valence-corrected chi connectivity index (χ3v) is 5.26. The molecule has 0 aromatic carbocycles. The number of carbonyl (C=O) groups is 6. The molecule has 0 bridgehead atoms. The van der Waals surface area contributed by atoms with E-state index < -0.39 is 104 Å². The Labute approximate surface area is 223 Å². The number of esters is 4. The second-order valence-electron chi connectivity index (χ2n) is 8.66. The van der Waals surface area contributed by atoms with Crippen molar-refractivity contribution in [2.75, 3.05) is 13.2 Å². The molecular weight excluding hydrogens is 530 g/mol. The van der Waals surface area contributed by atoms with Gasteiger partial charge in [-0.15, -0.1) is 0 Å². The van der Waals surface area contributed by atoms with Crippen molar-refractivity contribution in [2.24, 2.45) is 0 Å². The minimum atomic E-state index is -1.88. The number of nitrogens with one attached hydrogen (secondary N) is 1. The van der Waals surface area contributed by atoms with Crippen LogP contribution in [0.1, 0.15) is 41.0 Å². The number of hydrogen-bond donors (Lipinski definition) is 4. The summed E-state index contributed by atoms with van der Waals surface area (Å²) in [6.07, 6.45) is -13.2. The van der Waals surface area contributed by atoms with E-state index in [2.05, 4.69) is 5.32 Å². The summed E-state index contributed by atoms with van der Waals surface area (Å²) in [4.78, 5) is 70.2. The molecule has 0 aromatic heterocycles. The van der Waals surface area contributed by atoms with Crippen LogP contribution in [0, 0.1) is 0 Å². The number of hydrogen-bond acceptors (Lipinski definition) is 15. The highest BCUT2D eigenvalue weighted by molar-refractivity contribution is 5.77. The third-order valence-electron chi connectivity index (χ3n) is 5.26. The summed E-state index contributed by atoms with van der Waals surface area (Å²) in [5, 5.41) is 32.3. The molecule has 1 aliphatic rings. The Hall–Kier alpha value is -3.18. The van der Waals surface area contributed by atoms with Gasteiger partial charge in [-0.05, 0) is 0 Å². The molecule has 16 nitrogen and oxygen atoms in total. The Kier molecular flexibility index (Phi) is 13.9. The smallest absolute Gasteiger partial charge is 0.303 e. The van der Waals surface area contributed by atoms with Gasteiger partial charge in [0.2, 0.25) is 5.91 Å². The van der Waals surface area contributed by atoms with E-state index in [1.54, 1.807) is 0 Å². The van der Waals surface area contributed by atoms with E-state index >= 15 is 0 Å². The van der Waals surface area contributed by atoms with Crippen molar-refractivity contribution in [3.05, 3.63) is 0 Å². The summed E-state index contributed by atoms with van der Waals surface area (Å²) in [7, 11) is 0. The van der Waals surface area contributed by atoms with E-state index in [1.165, 1.54) is 0 Å². The van der Waals surface area contributed by atoms with Crippen LogP contribution < -0.4 is 5.32 Å². The van der Waals surface area contributed by atoms with Crippen LogP contribution in [-0.2, 0) is 57.2 Å². The van der Waals surface area contributed by atoms with E-state index in [4.69, 9.17) is 28.4 Å². The van der Waals surface area contributed by atoms with Crippen molar-refractivity contribution in [3.63, 3.8) is 0 Å². The highest BCUT2D eigenvalue weighted by Crippen LogP contribution is 2.31. The van der Waals surface area contributed by atoms with E-state index in [1.807, 2.05) is 0 Å². The summed E-state index contributed by atoms with van der Waals surface area (Å²) < 4.78 is 32.4. The monoisotopic (exact) mass is 565 g/mol. The normalized spacial score (nSPS) is 25.7. The summed E-state index contributed by atoms with van der Waals surface area (Å²) >= 11 is 0. The summed E-state index contributed by atoms with van der Waals surface area (Å²) in [6.45, 7) is 3.82. The summed E-state index contributed by atoms with van der Waals surface area (Å²) in [6, 6.07) is -1.24. The molecule has 1 fully saturated rings. The molecule has 0 aliphatic carbocycles. The number of aldehydes is 1. The molecule has 222 valence electrons. The molecule has 39 heavy (non-hydrogen) atoms. The van der Waals surface area contributed by atoms with Crippen molar-refractivity contribution < 1.29 is 72.5 Å². The van der Waals surface area contributed by atoms with Crippen molar-refractivity contribution in [1.29, 1.82) is 0 Å². The fraction of sp³-hybridized carbons (Fsp3) is 0.739. The average molecular weight is 566 g/mol. The Morgan fingerprint density at radius 1 is 0.872 bits per heavy atom. The number of aliphatic hydroxyl groups excluding tert-OH is 3. The average Bonchev–Trinajstić information content (AvgIpc) is 2.83. The Morgan fingerprint density at radius 2 is 1.41 bits per heavy atom. The molecule has 1 rings (SSSR count). The molecule has 0 radical (unpaired) electrons. The zero-order valence-corrected chi connectivity index (χ0v) is 22.1. The highest BCUT2D eigenvalue weighted by atomic mass is 16.7. The van der Waals surface area contributed by atoms with Gasteiger partial charge in [-0.25, -0.2) is 0 Å². The Balaban J connectivity index is 3.56. The summed E-state index contributed by atoms with van der Waals surface area (Å²) in [5.74, 6) is -3.99. The van der Waals surface area contributed by atoms with Crippen molar-refractivity contribution in [3.8, 4) is 0 Å². The van der Waals surface area contributed by atoms with E-state index in [0.717, 1.165) is 34.6 Å². The van der Waals surface area contributed by atoms with Crippen molar-refractivity contribution in [1.82, 2.24) is 5.32 Å². The first kappa shape index (κ1) is 33.8. The van der Waals surface area contributed by atoms with E-state index in [9.17, 15) is 44.1 Å². The standard InChI is InChI=1S/C23H35NO15/c1-10(27)24-15(7-25)6-17(19(33)16(32)8-26)38-23-22(37-14(5)31)21(36-13(4)30)20(35-12(3)29)18(39-23)9-34-11(2)28/h7,15-23,26,32-33H,6,8-9H2,1-5H3,(H,24,27)/t15-,16-,17+,18-,19-,20+,21+,22-,23-/m1/s1. The Bertz CT molecular complexity index is 880. The van der Waals surface area contributed by atoms with Gasteiger partial charge in [-0.2, -0.15) is 0 Å². The second-order valence-corrected chi connectivity index (χ2v) is 8.66. The molecule has 1 saturated heterocycles. The zero-order chi connectivity index (χ0) is 29.9. The zero-order valence-electron chi connectivity index (χ0n) is 22.1. The number of carbonyl (C=O) groups excluding carboxylic acids is 6. The van der Waals surface area contributed by atoms with Crippen LogP contribution in [0.15, 0.2) is 0 Å². The van der Waals surface area contributed by atoms with Crippen LogP contribution in [0.3, 0.4) is 0 Å². The van der Waals surface area contributed by atoms with Crippen LogP contribution in [0.2, 0.25) is 0 Å². The quantitative estimate of drug-likeness (QED) is 0.0951. The first-order valence-electron chi connectivity index (χ1n) is 11.8. The lowest BCUT2D eigenvalue weighted by molar-refractivity contribution is -0.324. The maximum Gasteiger partial charge on any atom is 0.303 e. The second kappa shape index (κ2) is 16.0. The number of aliphatic hydroxyl groups is 3. The van der Waals surface area contributed by atoms with Crippen LogP contribution in [0.4, 0.5) is 0 Å². The van der Waals surface area contributed by atoms with E-state index in [-0.39, 0.29) is 0 Å². The molecule has 0 aromatic rings. The molecule has 1 amide bonds. The molecule has 4 N–H and O–H groups in total. The number of amides is 1. The minimum absolute atomic E-state index is 0.336. The van der Waals surface area contributed by atoms with Gasteiger partial charge >= 0.3 is 23.9 Å². The first-order chi connectivity index (χ1) is 18.2. The first-order valence-corrected chi connectivity index (χ1v) is 11.8. The fourth-order valence-corrected chi connectivity index (χ4v) is 3.76. The van der Waals surface area contributed by atoms with Crippen LogP contribution >= 0.6 is 0 Å². The maximum atomic E-state index is 12.0. The largest absolute Gasteiger partial charge is 0.463 e. The lowest BCUT2D eigenvalue weighted by Crippen LogP contribution is -2.64.